The summed E-state index contributed by atoms with van der Waals surface area (Å²) in [4.78, 5) is 33.9. The van der Waals surface area contributed by atoms with Gasteiger partial charge in [0.2, 0.25) is 0 Å². The first-order valence-corrected chi connectivity index (χ1v) is 5.50. The number of hydrogen-bond donors (Lipinski definition) is 0. The van der Waals surface area contributed by atoms with Gasteiger partial charge in [-0.1, -0.05) is 0 Å². The largest absolute Gasteiger partial charge is 0.462 e. The maximum absolute atomic E-state index is 11.8. The van der Waals surface area contributed by atoms with Crippen LogP contribution in [0.25, 0.3) is 0 Å². The summed E-state index contributed by atoms with van der Waals surface area (Å²) in [6.07, 6.45) is -4.40. The van der Waals surface area contributed by atoms with E-state index in [9.17, 15) is 27.6 Å². The number of hydrogen-bond acceptors (Lipinski definition) is 6. The van der Waals surface area contributed by atoms with Crippen molar-refractivity contribution >= 4 is 17.9 Å². The monoisotopic (exact) mass is 298 g/mol. The molecular formula is C11H13F3O6. The van der Waals surface area contributed by atoms with Gasteiger partial charge in [0.15, 0.2) is 12.2 Å². The molecule has 6 nitrogen and oxygen atoms in total. The summed E-state index contributed by atoms with van der Waals surface area (Å²) in [6, 6.07) is 0. The van der Waals surface area contributed by atoms with Crippen molar-refractivity contribution in [2.24, 2.45) is 0 Å². The van der Waals surface area contributed by atoms with Gasteiger partial charge in [0.25, 0.3) is 0 Å². The number of carbonyl (C=O) groups is 3. The second kappa shape index (κ2) is 8.18. The standard InChI is InChI=1S/C11H13F3O6/c1-3-18-9(16)7(10(17)19-4-2)5-8(15)20-6-11(12,13)14/h5H,3-4,6H2,1-2H3. The molecule has 0 aliphatic heterocycles. The normalized spacial score (nSPS) is 10.4. The van der Waals surface area contributed by atoms with Crippen LogP contribution in [0.2, 0.25) is 0 Å². The Labute approximate surface area is 112 Å². The lowest BCUT2D eigenvalue weighted by Gasteiger charge is -2.08. The molecule has 114 valence electrons. The van der Waals surface area contributed by atoms with Crippen molar-refractivity contribution in [3.63, 3.8) is 0 Å². The highest BCUT2D eigenvalue weighted by Gasteiger charge is 2.30. The Morgan fingerprint density at radius 3 is 1.75 bits per heavy atom. The lowest BCUT2D eigenvalue weighted by Crippen LogP contribution is -2.22. The molecule has 0 aromatic rings. The Balaban J connectivity index is 4.92. The molecule has 0 bridgehead atoms. The molecule has 0 amide bonds. The van der Waals surface area contributed by atoms with Crippen LogP contribution in [0.15, 0.2) is 11.6 Å². The van der Waals surface area contributed by atoms with Crippen LogP contribution in [0.4, 0.5) is 13.2 Å². The predicted molar refractivity (Wildman–Crippen MR) is 58.4 cm³/mol. The fraction of sp³-hybridized carbons (Fsp3) is 0.545. The van der Waals surface area contributed by atoms with Gasteiger partial charge in [0.05, 0.1) is 13.2 Å². The smallest absolute Gasteiger partial charge is 0.422 e. The first-order valence-electron chi connectivity index (χ1n) is 5.50. The number of halogens is 3. The summed E-state index contributed by atoms with van der Waals surface area (Å²) < 4.78 is 48.3. The topological polar surface area (TPSA) is 78.9 Å². The Morgan fingerprint density at radius 2 is 1.40 bits per heavy atom. The minimum Gasteiger partial charge on any atom is -0.462 e. The molecule has 0 rings (SSSR count). The number of carbonyl (C=O) groups excluding carboxylic acids is 3. The molecule has 20 heavy (non-hydrogen) atoms. The Kier molecular flexibility index (Phi) is 7.34. The summed E-state index contributed by atoms with van der Waals surface area (Å²) in [5.41, 5.74) is -0.833. The molecular weight excluding hydrogens is 285 g/mol. The number of rotatable bonds is 6. The Morgan fingerprint density at radius 1 is 0.950 bits per heavy atom. The summed E-state index contributed by atoms with van der Waals surface area (Å²) in [6.45, 7) is 0.882. The minimum atomic E-state index is -4.71. The van der Waals surface area contributed by atoms with Crippen LogP contribution in [0, 0.1) is 0 Å². The third-order valence-electron chi connectivity index (χ3n) is 1.63. The first-order chi connectivity index (χ1) is 9.21. The molecule has 0 unspecified atom stereocenters. The van der Waals surface area contributed by atoms with E-state index in [1.165, 1.54) is 13.8 Å². The van der Waals surface area contributed by atoms with E-state index in [4.69, 9.17) is 0 Å². The number of alkyl halides is 3. The van der Waals surface area contributed by atoms with Gasteiger partial charge < -0.3 is 14.2 Å². The SMILES string of the molecule is CCOC(=O)C(=CC(=O)OCC(F)(F)F)C(=O)OCC. The third-order valence-corrected chi connectivity index (χ3v) is 1.63. The van der Waals surface area contributed by atoms with E-state index in [1.807, 2.05) is 0 Å². The highest BCUT2D eigenvalue weighted by atomic mass is 19.4. The molecule has 0 aromatic carbocycles. The Bertz CT molecular complexity index is 379. The van der Waals surface area contributed by atoms with Crippen molar-refractivity contribution < 1.29 is 41.8 Å². The quantitative estimate of drug-likeness (QED) is 0.240. The van der Waals surface area contributed by atoms with Crippen LogP contribution in [0.3, 0.4) is 0 Å². The van der Waals surface area contributed by atoms with E-state index >= 15 is 0 Å². The zero-order chi connectivity index (χ0) is 15.8. The number of esters is 3. The van der Waals surface area contributed by atoms with Gasteiger partial charge in [-0.3, -0.25) is 0 Å². The summed E-state index contributed by atoms with van der Waals surface area (Å²) in [7, 11) is 0. The predicted octanol–water partition coefficient (Wildman–Crippen LogP) is 1.14. The average molecular weight is 298 g/mol. The van der Waals surface area contributed by atoms with Crippen LogP contribution in [-0.2, 0) is 28.6 Å². The van der Waals surface area contributed by atoms with Gasteiger partial charge in [0, 0.05) is 6.08 Å². The van der Waals surface area contributed by atoms with Gasteiger partial charge in [-0.25, -0.2) is 14.4 Å². The van der Waals surface area contributed by atoms with Crippen LogP contribution >= 0.6 is 0 Å². The van der Waals surface area contributed by atoms with Gasteiger partial charge in [-0.15, -0.1) is 0 Å². The molecule has 0 radical (unpaired) electrons. The Hall–Kier alpha value is -2.06. The summed E-state index contributed by atoms with van der Waals surface area (Å²) in [5, 5.41) is 0. The van der Waals surface area contributed by atoms with Crippen LogP contribution in [0.1, 0.15) is 13.8 Å². The minimum absolute atomic E-state index is 0.0901. The van der Waals surface area contributed by atoms with E-state index in [-0.39, 0.29) is 13.2 Å². The zero-order valence-electron chi connectivity index (χ0n) is 10.8. The molecule has 0 aliphatic rings. The van der Waals surface area contributed by atoms with Crippen molar-refractivity contribution in [2.75, 3.05) is 19.8 Å². The van der Waals surface area contributed by atoms with Crippen LogP contribution < -0.4 is 0 Å². The van der Waals surface area contributed by atoms with Gasteiger partial charge >= 0.3 is 24.1 Å². The average Bonchev–Trinajstić information content (AvgIpc) is 2.33. The van der Waals surface area contributed by atoms with Crippen molar-refractivity contribution in [1.82, 2.24) is 0 Å². The number of ether oxygens (including phenoxy) is 3. The lowest BCUT2D eigenvalue weighted by atomic mass is 10.2. The molecule has 0 N–H and O–H groups in total. The van der Waals surface area contributed by atoms with Crippen LogP contribution in [-0.4, -0.2) is 43.9 Å². The van der Waals surface area contributed by atoms with Crippen molar-refractivity contribution in [2.45, 2.75) is 20.0 Å². The van der Waals surface area contributed by atoms with Gasteiger partial charge in [0.1, 0.15) is 0 Å². The third kappa shape index (κ3) is 7.39. The second-order valence-electron chi connectivity index (χ2n) is 3.22. The van der Waals surface area contributed by atoms with Gasteiger partial charge in [-0.05, 0) is 13.8 Å². The molecule has 0 aliphatic carbocycles. The fourth-order valence-electron chi connectivity index (χ4n) is 0.931. The van der Waals surface area contributed by atoms with Crippen molar-refractivity contribution in [1.29, 1.82) is 0 Å². The molecule has 0 heterocycles. The molecule has 0 fully saturated rings. The molecule has 0 aromatic heterocycles. The van der Waals surface area contributed by atoms with E-state index in [0.29, 0.717) is 6.08 Å². The van der Waals surface area contributed by atoms with Gasteiger partial charge in [-0.2, -0.15) is 13.2 Å². The first kappa shape index (κ1) is 17.9. The van der Waals surface area contributed by atoms with E-state index < -0.39 is 36.3 Å². The van der Waals surface area contributed by atoms with Crippen molar-refractivity contribution in [3.8, 4) is 0 Å². The fourth-order valence-corrected chi connectivity index (χ4v) is 0.931. The highest BCUT2D eigenvalue weighted by Crippen LogP contribution is 2.14. The zero-order valence-corrected chi connectivity index (χ0v) is 10.8. The molecule has 0 spiro atoms. The van der Waals surface area contributed by atoms with Crippen molar-refractivity contribution in [3.05, 3.63) is 11.6 Å². The lowest BCUT2D eigenvalue weighted by molar-refractivity contribution is -0.182. The highest BCUT2D eigenvalue weighted by molar-refractivity contribution is 6.17. The second-order valence-corrected chi connectivity index (χ2v) is 3.22. The van der Waals surface area contributed by atoms with Crippen LogP contribution in [0.5, 0.6) is 0 Å². The van der Waals surface area contributed by atoms with E-state index in [0.717, 1.165) is 0 Å². The molecule has 0 atom stereocenters. The summed E-state index contributed by atoms with van der Waals surface area (Å²) in [5.74, 6) is -3.87. The molecule has 0 saturated heterocycles. The molecule has 0 saturated carbocycles. The maximum atomic E-state index is 11.8. The summed E-state index contributed by atoms with van der Waals surface area (Å²) >= 11 is 0. The maximum Gasteiger partial charge on any atom is 0.422 e. The molecule has 9 heteroatoms. The van der Waals surface area contributed by atoms with E-state index in [2.05, 4.69) is 14.2 Å². The van der Waals surface area contributed by atoms with E-state index in [1.54, 1.807) is 0 Å².